The van der Waals surface area contributed by atoms with Gasteiger partial charge in [-0.1, -0.05) is 0 Å². The molecule has 7 heteroatoms. The van der Waals surface area contributed by atoms with E-state index in [0.29, 0.717) is 11.2 Å². The summed E-state index contributed by atoms with van der Waals surface area (Å²) < 4.78 is 0. The van der Waals surface area contributed by atoms with Gasteiger partial charge in [-0.25, -0.2) is 14.8 Å². The zero-order chi connectivity index (χ0) is 11.0. The monoisotopic (exact) mass is 226 g/mol. The number of piperazine rings is 1. The Morgan fingerprint density at radius 2 is 2.06 bits per heavy atom. The van der Waals surface area contributed by atoms with Crippen molar-refractivity contribution in [3.8, 4) is 0 Å². The Kier molecular flexibility index (Phi) is 2.10. The van der Waals surface area contributed by atoms with Crippen LogP contribution in [0.2, 0.25) is 0 Å². The number of aromatic amines is 2. The van der Waals surface area contributed by atoms with Gasteiger partial charge in [-0.15, -0.1) is 0 Å². The number of aromatic nitrogens is 4. The fraction of sp³-hybridized carbons (Fsp3) is 0.444. The van der Waals surface area contributed by atoms with Crippen LogP contribution in [0.3, 0.4) is 0 Å². The van der Waals surface area contributed by atoms with Gasteiger partial charge in [0.05, 0.1) is 0 Å². The number of hydrogen-bond donors (Lipinski definition) is 3. The van der Waals surface area contributed by atoms with Gasteiger partial charge < -0.3 is 15.2 Å². The Balaban J connectivity index is 0.00000108. The molecule has 0 aromatic carbocycles. The largest absolute Gasteiger partial charge is 0.352 e. The lowest BCUT2D eigenvalue weighted by atomic mass is 10.3. The van der Waals surface area contributed by atoms with Crippen molar-refractivity contribution in [1.29, 1.82) is 0 Å². The summed E-state index contributed by atoms with van der Waals surface area (Å²) >= 11 is 0. The average molecular weight is 226 g/mol. The molecule has 1 aliphatic heterocycles. The Labute approximate surface area is 95.4 Å². The van der Waals surface area contributed by atoms with E-state index in [1.54, 1.807) is 0 Å². The number of anilines is 1. The normalized spacial score (nSPS) is 16.9. The molecular weight excluding hydrogens is 208 g/mol. The van der Waals surface area contributed by atoms with Crippen molar-refractivity contribution < 1.29 is 4.28 Å². The predicted octanol–water partition coefficient (Wildman–Crippen LogP) is -0.206. The van der Waals surface area contributed by atoms with E-state index in [9.17, 15) is 4.79 Å². The lowest BCUT2D eigenvalue weighted by Gasteiger charge is -2.28. The number of nitrogens with zero attached hydrogens (tertiary/aromatic N) is 3. The molecule has 1 fully saturated rings. The Hall–Kier alpha value is -1.89. The van der Waals surface area contributed by atoms with Crippen LogP contribution in [-0.2, 0) is 0 Å². The predicted molar refractivity (Wildman–Crippen MR) is 65.9 cm³/mol. The number of H-pyrrole nitrogens is 2. The van der Waals surface area contributed by atoms with Crippen molar-refractivity contribution in [2.75, 3.05) is 31.1 Å². The maximum atomic E-state index is 11.2. The Bertz CT molecular complexity index is 564. The van der Waals surface area contributed by atoms with Crippen molar-refractivity contribution in [3.05, 3.63) is 16.8 Å². The van der Waals surface area contributed by atoms with Crippen molar-refractivity contribution in [2.45, 2.75) is 0 Å². The van der Waals surface area contributed by atoms with E-state index in [0.717, 1.165) is 32.0 Å². The van der Waals surface area contributed by atoms with Crippen LogP contribution in [-0.4, -0.2) is 46.1 Å². The fourth-order valence-electron chi connectivity index (χ4n) is 1.95. The number of fused-ring (bicyclic) bond motifs is 1. The van der Waals surface area contributed by atoms with Crippen LogP contribution in [0.1, 0.15) is 4.28 Å². The second kappa shape index (κ2) is 3.60. The summed E-state index contributed by atoms with van der Waals surface area (Å²) in [6.45, 7) is 3.64. The lowest BCUT2D eigenvalue weighted by molar-refractivity contribution is 0.586. The number of rotatable bonds is 1. The SMILES string of the molecule is O=c1[nH]c2ncnc(N3CCNCC3)c2[nH]1.[HH].[HH].[HH]. The minimum absolute atomic E-state index is 0. The highest BCUT2D eigenvalue weighted by Crippen LogP contribution is 2.18. The minimum Gasteiger partial charge on any atom is -0.352 e. The van der Waals surface area contributed by atoms with Gasteiger partial charge in [0, 0.05) is 30.5 Å². The van der Waals surface area contributed by atoms with E-state index in [-0.39, 0.29) is 9.97 Å². The van der Waals surface area contributed by atoms with Crippen LogP contribution in [0.4, 0.5) is 5.82 Å². The summed E-state index contributed by atoms with van der Waals surface area (Å²) in [5.74, 6) is 0.796. The molecule has 3 rings (SSSR count). The van der Waals surface area contributed by atoms with Gasteiger partial charge >= 0.3 is 5.69 Å². The molecule has 0 radical (unpaired) electrons. The molecule has 0 aliphatic carbocycles. The van der Waals surface area contributed by atoms with Crippen molar-refractivity contribution in [1.82, 2.24) is 25.3 Å². The number of hydrogen-bond acceptors (Lipinski definition) is 5. The Morgan fingerprint density at radius 3 is 2.88 bits per heavy atom. The van der Waals surface area contributed by atoms with E-state index < -0.39 is 0 Å². The van der Waals surface area contributed by atoms with Crippen LogP contribution in [0.25, 0.3) is 11.2 Å². The van der Waals surface area contributed by atoms with Crippen molar-refractivity contribution in [2.24, 2.45) is 0 Å². The molecule has 90 valence electrons. The highest BCUT2D eigenvalue weighted by molar-refractivity contribution is 5.82. The summed E-state index contributed by atoms with van der Waals surface area (Å²) in [5.41, 5.74) is 1.01. The van der Waals surface area contributed by atoms with Crippen LogP contribution in [0.5, 0.6) is 0 Å². The summed E-state index contributed by atoms with van der Waals surface area (Å²) in [5, 5.41) is 3.27. The maximum absolute atomic E-state index is 11.2. The quantitative estimate of drug-likeness (QED) is 0.626. The second-order valence-electron chi connectivity index (χ2n) is 3.74. The maximum Gasteiger partial charge on any atom is 0.325 e. The molecule has 1 saturated heterocycles. The molecule has 0 spiro atoms. The van der Waals surface area contributed by atoms with Crippen molar-refractivity contribution >= 4 is 17.0 Å². The van der Waals surface area contributed by atoms with E-state index in [1.165, 1.54) is 6.33 Å². The van der Waals surface area contributed by atoms with E-state index in [2.05, 4.69) is 30.2 Å². The number of imidazole rings is 1. The van der Waals surface area contributed by atoms with Gasteiger partial charge in [0.15, 0.2) is 11.5 Å². The molecule has 0 atom stereocenters. The molecule has 0 unspecified atom stereocenters. The second-order valence-corrected chi connectivity index (χ2v) is 3.74. The van der Waals surface area contributed by atoms with Gasteiger partial charge in [0.25, 0.3) is 0 Å². The smallest absolute Gasteiger partial charge is 0.325 e. The minimum atomic E-state index is -0.244. The van der Waals surface area contributed by atoms with E-state index in [1.807, 2.05) is 0 Å². The average Bonchev–Trinajstić information content (AvgIpc) is 2.70. The van der Waals surface area contributed by atoms with Crippen LogP contribution < -0.4 is 15.9 Å². The molecule has 1 aliphatic rings. The summed E-state index contributed by atoms with van der Waals surface area (Å²) in [7, 11) is 0. The molecule has 0 saturated carbocycles. The van der Waals surface area contributed by atoms with Crippen LogP contribution >= 0.6 is 0 Å². The van der Waals surface area contributed by atoms with Gasteiger partial charge in [0.2, 0.25) is 0 Å². The number of nitrogens with one attached hydrogen (secondary N) is 3. The first-order valence-corrected chi connectivity index (χ1v) is 5.23. The Morgan fingerprint density at radius 1 is 1.25 bits per heavy atom. The third-order valence-corrected chi connectivity index (χ3v) is 2.71. The summed E-state index contributed by atoms with van der Waals surface area (Å²) in [6.07, 6.45) is 1.48. The lowest BCUT2D eigenvalue weighted by Crippen LogP contribution is -2.44. The van der Waals surface area contributed by atoms with E-state index in [4.69, 9.17) is 0 Å². The molecule has 7 nitrogen and oxygen atoms in total. The van der Waals surface area contributed by atoms with Gasteiger partial charge in [-0.05, 0) is 0 Å². The van der Waals surface area contributed by atoms with E-state index >= 15 is 0 Å². The third-order valence-electron chi connectivity index (χ3n) is 2.71. The van der Waals surface area contributed by atoms with Crippen molar-refractivity contribution in [3.63, 3.8) is 0 Å². The molecule has 3 heterocycles. The molecular formula is C9H18N6O. The molecule has 16 heavy (non-hydrogen) atoms. The van der Waals surface area contributed by atoms with Crippen LogP contribution in [0.15, 0.2) is 11.1 Å². The molecule has 0 amide bonds. The molecule has 2 aromatic rings. The van der Waals surface area contributed by atoms with Crippen LogP contribution in [0, 0.1) is 0 Å². The highest BCUT2D eigenvalue weighted by atomic mass is 16.1. The van der Waals surface area contributed by atoms with Gasteiger partial charge in [-0.2, -0.15) is 0 Å². The summed E-state index contributed by atoms with van der Waals surface area (Å²) in [6, 6.07) is 0. The molecule has 2 aromatic heterocycles. The fourth-order valence-corrected chi connectivity index (χ4v) is 1.95. The molecule has 0 bridgehead atoms. The molecule has 3 N–H and O–H groups in total. The third kappa shape index (κ3) is 1.45. The zero-order valence-corrected chi connectivity index (χ0v) is 8.66. The van der Waals surface area contributed by atoms with Gasteiger partial charge in [0.1, 0.15) is 11.8 Å². The topological polar surface area (TPSA) is 89.7 Å². The first-order chi connectivity index (χ1) is 7.84. The first kappa shape index (κ1) is 9.34. The standard InChI is InChI=1S/C9H12N6O.3H2/c16-9-13-6-7(14-9)11-5-12-8(6)15-3-1-10-2-4-15;;;/h5,10H,1-4H2,(H2,11,12,13,14,16);3*1H. The summed E-state index contributed by atoms with van der Waals surface area (Å²) in [4.78, 5) is 27.0. The van der Waals surface area contributed by atoms with Gasteiger partial charge in [-0.3, -0.25) is 4.98 Å². The highest BCUT2D eigenvalue weighted by Gasteiger charge is 2.16. The zero-order valence-electron chi connectivity index (χ0n) is 8.66. The first-order valence-electron chi connectivity index (χ1n) is 5.23.